The van der Waals surface area contributed by atoms with Gasteiger partial charge >= 0.3 is 0 Å². The van der Waals surface area contributed by atoms with Gasteiger partial charge < -0.3 is 9.88 Å². The molecule has 32 heavy (non-hydrogen) atoms. The Morgan fingerprint density at radius 2 is 1.72 bits per heavy atom. The fraction of sp³-hybridized carbons (Fsp3) is 0.120. The van der Waals surface area contributed by atoms with Gasteiger partial charge in [0, 0.05) is 18.1 Å². The van der Waals surface area contributed by atoms with Gasteiger partial charge in [0.05, 0.1) is 16.6 Å². The van der Waals surface area contributed by atoms with Gasteiger partial charge in [0.1, 0.15) is 11.6 Å². The quantitative estimate of drug-likeness (QED) is 0.463. The zero-order valence-electron chi connectivity index (χ0n) is 17.5. The van der Waals surface area contributed by atoms with Gasteiger partial charge in [0.2, 0.25) is 5.91 Å². The lowest BCUT2D eigenvalue weighted by Gasteiger charge is -2.14. The number of nitrogens with zero attached hydrogens (tertiary/aromatic N) is 4. The number of hydrogen-bond donors (Lipinski definition) is 1. The third-order valence-electron chi connectivity index (χ3n) is 5.60. The highest BCUT2D eigenvalue weighted by Gasteiger charge is 2.20. The Morgan fingerprint density at radius 1 is 0.938 bits per heavy atom. The second-order valence-corrected chi connectivity index (χ2v) is 7.69. The molecule has 0 aliphatic rings. The van der Waals surface area contributed by atoms with Crippen molar-refractivity contribution in [3.05, 3.63) is 101 Å². The van der Waals surface area contributed by atoms with Crippen LogP contribution in [0, 0.1) is 0 Å². The maximum atomic E-state index is 13.0. The molecule has 3 aromatic carbocycles. The summed E-state index contributed by atoms with van der Waals surface area (Å²) >= 11 is 0. The van der Waals surface area contributed by atoms with Crippen LogP contribution in [-0.2, 0) is 11.3 Å². The summed E-state index contributed by atoms with van der Waals surface area (Å²) in [6, 6.07) is 24.1. The molecule has 5 rings (SSSR count). The summed E-state index contributed by atoms with van der Waals surface area (Å²) in [5.41, 5.74) is 3.06. The molecule has 0 spiro atoms. The molecule has 7 nitrogen and oxygen atoms in total. The van der Waals surface area contributed by atoms with Crippen LogP contribution < -0.4 is 10.9 Å². The van der Waals surface area contributed by atoms with Crippen LogP contribution in [0.1, 0.15) is 18.5 Å². The first kappa shape index (κ1) is 19.7. The SMILES string of the molecule is C[C@@H](C(=O)Nc1cccc2c1ccn2Cc1ccccc1)n1nnc2ccccc2c1=O. The van der Waals surface area contributed by atoms with Crippen molar-refractivity contribution in [1.29, 1.82) is 0 Å². The van der Waals surface area contributed by atoms with Crippen LogP contribution in [0.15, 0.2) is 89.9 Å². The largest absolute Gasteiger partial charge is 0.343 e. The van der Waals surface area contributed by atoms with E-state index in [0.29, 0.717) is 16.6 Å². The molecular formula is C25H21N5O2. The molecule has 1 atom stereocenters. The Morgan fingerprint density at radius 3 is 2.56 bits per heavy atom. The van der Waals surface area contributed by atoms with Crippen molar-refractivity contribution in [2.75, 3.05) is 5.32 Å². The number of fused-ring (bicyclic) bond motifs is 2. The lowest BCUT2D eigenvalue weighted by Crippen LogP contribution is -2.34. The van der Waals surface area contributed by atoms with E-state index in [1.165, 1.54) is 5.56 Å². The fourth-order valence-electron chi connectivity index (χ4n) is 3.85. The topological polar surface area (TPSA) is 81.8 Å². The van der Waals surface area contributed by atoms with E-state index in [1.807, 2.05) is 48.7 Å². The number of hydrogen-bond acceptors (Lipinski definition) is 4. The molecule has 7 heteroatoms. The van der Waals surface area contributed by atoms with Gasteiger partial charge in [0.25, 0.3) is 5.56 Å². The fourth-order valence-corrected chi connectivity index (χ4v) is 3.85. The first-order valence-corrected chi connectivity index (χ1v) is 10.4. The molecule has 1 amide bonds. The van der Waals surface area contributed by atoms with Gasteiger partial charge in [0.15, 0.2) is 0 Å². The third kappa shape index (κ3) is 3.54. The van der Waals surface area contributed by atoms with E-state index in [9.17, 15) is 9.59 Å². The number of carbonyl (C=O) groups excluding carboxylic acids is 1. The van der Waals surface area contributed by atoms with Crippen LogP contribution in [0.4, 0.5) is 5.69 Å². The molecule has 0 radical (unpaired) electrons. The highest BCUT2D eigenvalue weighted by molar-refractivity contribution is 6.02. The summed E-state index contributed by atoms with van der Waals surface area (Å²) in [6.07, 6.45) is 2.01. The van der Waals surface area contributed by atoms with E-state index in [-0.39, 0.29) is 11.5 Å². The summed E-state index contributed by atoms with van der Waals surface area (Å²) < 4.78 is 3.27. The van der Waals surface area contributed by atoms with Crippen molar-refractivity contribution >= 4 is 33.4 Å². The van der Waals surface area contributed by atoms with E-state index in [1.54, 1.807) is 31.2 Å². The van der Waals surface area contributed by atoms with Crippen molar-refractivity contribution in [2.45, 2.75) is 19.5 Å². The van der Waals surface area contributed by atoms with E-state index in [2.05, 4.69) is 32.3 Å². The van der Waals surface area contributed by atoms with Gasteiger partial charge in [-0.1, -0.05) is 53.7 Å². The minimum Gasteiger partial charge on any atom is -0.343 e. The van der Waals surface area contributed by atoms with Crippen molar-refractivity contribution in [2.24, 2.45) is 0 Å². The van der Waals surface area contributed by atoms with Crippen molar-refractivity contribution in [3.8, 4) is 0 Å². The van der Waals surface area contributed by atoms with Crippen LogP contribution in [0.2, 0.25) is 0 Å². The van der Waals surface area contributed by atoms with Crippen LogP contribution in [0.5, 0.6) is 0 Å². The van der Waals surface area contributed by atoms with Crippen LogP contribution in [0.25, 0.3) is 21.8 Å². The highest BCUT2D eigenvalue weighted by Crippen LogP contribution is 2.26. The standard InChI is InChI=1S/C25H21N5O2/c1-17(30-25(32)20-10-5-6-11-22(20)27-28-30)24(31)26-21-12-7-13-23-19(21)14-15-29(23)16-18-8-3-2-4-9-18/h2-15,17H,16H2,1H3,(H,26,31)/t17-/m0/s1. The molecule has 0 saturated heterocycles. The predicted molar refractivity (Wildman–Crippen MR) is 125 cm³/mol. The zero-order valence-corrected chi connectivity index (χ0v) is 17.5. The first-order chi connectivity index (χ1) is 15.6. The summed E-state index contributed by atoms with van der Waals surface area (Å²) in [5, 5.41) is 12.4. The van der Waals surface area contributed by atoms with Gasteiger partial charge in [-0.25, -0.2) is 0 Å². The number of anilines is 1. The lowest BCUT2D eigenvalue weighted by molar-refractivity contribution is -0.119. The average Bonchev–Trinajstić information content (AvgIpc) is 3.23. The van der Waals surface area contributed by atoms with Crippen LogP contribution in [-0.4, -0.2) is 25.5 Å². The number of rotatable bonds is 5. The zero-order chi connectivity index (χ0) is 22.1. The Bertz CT molecular complexity index is 1490. The Labute approximate surface area is 183 Å². The second kappa shape index (κ2) is 8.11. The van der Waals surface area contributed by atoms with E-state index >= 15 is 0 Å². The lowest BCUT2D eigenvalue weighted by atomic mass is 10.2. The Hall–Kier alpha value is -4.26. The van der Waals surface area contributed by atoms with Gasteiger partial charge in [-0.05, 0) is 42.8 Å². The van der Waals surface area contributed by atoms with E-state index in [0.717, 1.165) is 22.1 Å². The molecule has 158 valence electrons. The second-order valence-electron chi connectivity index (χ2n) is 7.69. The summed E-state index contributed by atoms with van der Waals surface area (Å²) in [7, 11) is 0. The van der Waals surface area contributed by atoms with E-state index < -0.39 is 6.04 Å². The Kier molecular flexibility index (Phi) is 4.99. The monoisotopic (exact) mass is 423 g/mol. The maximum absolute atomic E-state index is 13.0. The van der Waals surface area contributed by atoms with Crippen LogP contribution >= 0.6 is 0 Å². The van der Waals surface area contributed by atoms with Crippen molar-refractivity contribution in [3.63, 3.8) is 0 Å². The maximum Gasteiger partial charge on any atom is 0.278 e. The summed E-state index contributed by atoms with van der Waals surface area (Å²) in [6.45, 7) is 2.38. The molecule has 0 bridgehead atoms. The highest BCUT2D eigenvalue weighted by atomic mass is 16.2. The summed E-state index contributed by atoms with van der Waals surface area (Å²) in [4.78, 5) is 25.8. The minimum atomic E-state index is -0.818. The third-order valence-corrected chi connectivity index (χ3v) is 5.60. The van der Waals surface area contributed by atoms with Crippen molar-refractivity contribution in [1.82, 2.24) is 19.6 Å². The van der Waals surface area contributed by atoms with E-state index in [4.69, 9.17) is 0 Å². The van der Waals surface area contributed by atoms with Crippen molar-refractivity contribution < 1.29 is 4.79 Å². The molecule has 0 aliphatic carbocycles. The number of benzene rings is 3. The molecule has 5 aromatic rings. The van der Waals surface area contributed by atoms with Gasteiger partial charge in [-0.15, -0.1) is 5.10 Å². The number of aromatic nitrogens is 4. The molecule has 2 aromatic heterocycles. The molecule has 0 saturated carbocycles. The molecule has 2 heterocycles. The molecule has 0 fully saturated rings. The molecule has 0 unspecified atom stereocenters. The minimum absolute atomic E-state index is 0.333. The number of amides is 1. The molecule has 0 aliphatic heterocycles. The Balaban J connectivity index is 1.42. The van der Waals surface area contributed by atoms with Gasteiger partial charge in [-0.3, -0.25) is 9.59 Å². The smallest absolute Gasteiger partial charge is 0.278 e. The normalized spacial score (nSPS) is 12.2. The summed E-state index contributed by atoms with van der Waals surface area (Å²) in [5.74, 6) is -0.333. The molecular weight excluding hydrogens is 402 g/mol. The number of nitrogens with one attached hydrogen (secondary N) is 1. The number of carbonyl (C=O) groups is 1. The average molecular weight is 423 g/mol. The first-order valence-electron chi connectivity index (χ1n) is 10.4. The molecule has 1 N–H and O–H groups in total. The van der Waals surface area contributed by atoms with Crippen LogP contribution in [0.3, 0.4) is 0 Å². The van der Waals surface area contributed by atoms with Gasteiger partial charge in [-0.2, -0.15) is 4.68 Å². The predicted octanol–water partition coefficient (Wildman–Crippen LogP) is 3.99.